The van der Waals surface area contributed by atoms with Crippen LogP contribution in [-0.4, -0.2) is 17.6 Å². The molecule has 21 heavy (non-hydrogen) atoms. The summed E-state index contributed by atoms with van der Waals surface area (Å²) in [4.78, 5) is 4.61. The number of aromatic nitrogens is 1. The van der Waals surface area contributed by atoms with Crippen LogP contribution >= 0.6 is 11.3 Å². The molecule has 0 radical (unpaired) electrons. The fraction of sp³-hybridized carbons (Fsp3) is 0.500. The van der Waals surface area contributed by atoms with Gasteiger partial charge in [0.1, 0.15) is 0 Å². The molecule has 0 saturated carbocycles. The van der Waals surface area contributed by atoms with E-state index in [4.69, 9.17) is 0 Å². The first-order valence-electron chi connectivity index (χ1n) is 7.70. The van der Waals surface area contributed by atoms with Crippen LogP contribution in [0.4, 0.5) is 0 Å². The molecule has 0 spiro atoms. The van der Waals surface area contributed by atoms with Gasteiger partial charge in [-0.05, 0) is 57.4 Å². The Kier molecular flexibility index (Phi) is 5.54. The third-order valence-corrected chi connectivity index (χ3v) is 4.86. The summed E-state index contributed by atoms with van der Waals surface area (Å²) in [6.45, 7) is 11.9. The maximum Gasteiger partial charge on any atom is 0.0943 e. The van der Waals surface area contributed by atoms with E-state index in [9.17, 15) is 0 Å². The molecule has 3 heteroatoms. The molecule has 0 amide bonds. The Balaban J connectivity index is 2.16. The van der Waals surface area contributed by atoms with E-state index >= 15 is 0 Å². The quantitative estimate of drug-likeness (QED) is 0.867. The number of aryl methyl sites for hydroxylation is 4. The van der Waals surface area contributed by atoms with Crippen molar-refractivity contribution in [3.8, 4) is 0 Å². The number of benzene rings is 1. The minimum Gasteiger partial charge on any atom is -0.314 e. The highest BCUT2D eigenvalue weighted by molar-refractivity contribution is 7.09. The summed E-state index contributed by atoms with van der Waals surface area (Å²) in [5.41, 5.74) is 6.79. The minimum atomic E-state index is 0.459. The van der Waals surface area contributed by atoms with Gasteiger partial charge in [-0.25, -0.2) is 4.98 Å². The Morgan fingerprint density at radius 1 is 1.10 bits per heavy atom. The number of hydrogen-bond donors (Lipinski definition) is 1. The van der Waals surface area contributed by atoms with Crippen molar-refractivity contribution in [2.75, 3.05) is 6.54 Å². The Hall–Kier alpha value is -1.19. The first kappa shape index (κ1) is 16.2. The van der Waals surface area contributed by atoms with E-state index in [2.05, 4.69) is 62.4 Å². The molecule has 2 nitrogen and oxygen atoms in total. The summed E-state index contributed by atoms with van der Waals surface area (Å²) in [7, 11) is 0. The van der Waals surface area contributed by atoms with Gasteiger partial charge in [-0.2, -0.15) is 0 Å². The molecule has 1 atom stereocenters. The van der Waals surface area contributed by atoms with E-state index < -0.39 is 0 Å². The molecule has 1 unspecified atom stereocenters. The standard InChI is InChI=1S/C18H26N2S/c1-6-19-16(10-18-20-15(5)11-21-18)9-17-13(3)7-12(2)8-14(17)4/h7-8,11,16,19H,6,9-10H2,1-5H3. The molecule has 2 rings (SSSR count). The second-order valence-electron chi connectivity index (χ2n) is 5.92. The van der Waals surface area contributed by atoms with Crippen molar-refractivity contribution in [3.63, 3.8) is 0 Å². The highest BCUT2D eigenvalue weighted by Crippen LogP contribution is 2.20. The summed E-state index contributed by atoms with van der Waals surface area (Å²) in [6, 6.07) is 5.04. The van der Waals surface area contributed by atoms with Crippen LogP contribution in [0.1, 0.15) is 39.9 Å². The molecule has 0 aliphatic heterocycles. The average Bonchev–Trinajstić information content (AvgIpc) is 2.79. The normalized spacial score (nSPS) is 12.6. The van der Waals surface area contributed by atoms with Gasteiger partial charge in [0.15, 0.2) is 0 Å². The maximum absolute atomic E-state index is 4.61. The van der Waals surface area contributed by atoms with E-state index in [1.807, 2.05) is 0 Å². The van der Waals surface area contributed by atoms with Crippen LogP contribution in [0.3, 0.4) is 0 Å². The molecule has 0 fully saturated rings. The number of nitrogens with one attached hydrogen (secondary N) is 1. The van der Waals surface area contributed by atoms with Crippen LogP contribution in [0.25, 0.3) is 0 Å². The average molecular weight is 302 g/mol. The number of nitrogens with zero attached hydrogens (tertiary/aromatic N) is 1. The van der Waals surface area contributed by atoms with Gasteiger partial charge in [0.25, 0.3) is 0 Å². The van der Waals surface area contributed by atoms with Crippen LogP contribution in [-0.2, 0) is 12.8 Å². The monoisotopic (exact) mass is 302 g/mol. The molecule has 114 valence electrons. The highest BCUT2D eigenvalue weighted by Gasteiger charge is 2.14. The molecule has 2 aromatic rings. The van der Waals surface area contributed by atoms with E-state index in [-0.39, 0.29) is 0 Å². The van der Waals surface area contributed by atoms with Gasteiger partial charge in [-0.3, -0.25) is 0 Å². The van der Waals surface area contributed by atoms with Crippen LogP contribution < -0.4 is 5.32 Å². The fourth-order valence-corrected chi connectivity index (χ4v) is 3.84. The van der Waals surface area contributed by atoms with Crippen LogP contribution in [0.15, 0.2) is 17.5 Å². The smallest absolute Gasteiger partial charge is 0.0943 e. The van der Waals surface area contributed by atoms with Gasteiger partial charge in [0, 0.05) is 23.5 Å². The van der Waals surface area contributed by atoms with Crippen molar-refractivity contribution in [3.05, 3.63) is 50.5 Å². The van der Waals surface area contributed by atoms with Crippen molar-refractivity contribution in [2.24, 2.45) is 0 Å². The Bertz CT molecular complexity index is 578. The van der Waals surface area contributed by atoms with Crippen molar-refractivity contribution in [2.45, 2.75) is 53.5 Å². The van der Waals surface area contributed by atoms with Crippen LogP contribution in [0.5, 0.6) is 0 Å². The molecule has 0 aliphatic rings. The zero-order chi connectivity index (χ0) is 15.4. The lowest BCUT2D eigenvalue weighted by molar-refractivity contribution is 0.518. The van der Waals surface area contributed by atoms with E-state index in [1.165, 1.54) is 27.3 Å². The lowest BCUT2D eigenvalue weighted by Gasteiger charge is -2.20. The largest absolute Gasteiger partial charge is 0.314 e. The summed E-state index contributed by atoms with van der Waals surface area (Å²) in [6.07, 6.45) is 2.09. The number of likely N-dealkylation sites (N-methyl/N-ethyl adjacent to an activating group) is 1. The summed E-state index contributed by atoms with van der Waals surface area (Å²) < 4.78 is 0. The predicted molar refractivity (Wildman–Crippen MR) is 92.4 cm³/mol. The van der Waals surface area contributed by atoms with Gasteiger partial charge < -0.3 is 5.32 Å². The lowest BCUT2D eigenvalue weighted by Crippen LogP contribution is -2.33. The second-order valence-corrected chi connectivity index (χ2v) is 6.87. The van der Waals surface area contributed by atoms with Crippen molar-refractivity contribution < 1.29 is 0 Å². The zero-order valence-electron chi connectivity index (χ0n) is 13.8. The predicted octanol–water partition coefficient (Wildman–Crippen LogP) is 4.14. The van der Waals surface area contributed by atoms with Crippen molar-refractivity contribution in [1.82, 2.24) is 10.3 Å². The summed E-state index contributed by atoms with van der Waals surface area (Å²) in [5, 5.41) is 7.00. The molecule has 0 saturated heterocycles. The van der Waals surface area contributed by atoms with Gasteiger partial charge in [0.2, 0.25) is 0 Å². The molecule has 0 bridgehead atoms. The van der Waals surface area contributed by atoms with E-state index in [0.29, 0.717) is 6.04 Å². The summed E-state index contributed by atoms with van der Waals surface area (Å²) in [5.74, 6) is 0. The van der Waals surface area contributed by atoms with Crippen LogP contribution in [0, 0.1) is 27.7 Å². The maximum atomic E-state index is 4.61. The first-order valence-corrected chi connectivity index (χ1v) is 8.58. The molecular formula is C18H26N2S. The second kappa shape index (κ2) is 7.19. The van der Waals surface area contributed by atoms with Crippen LogP contribution in [0.2, 0.25) is 0 Å². The van der Waals surface area contributed by atoms with Gasteiger partial charge >= 0.3 is 0 Å². The van der Waals surface area contributed by atoms with Crippen molar-refractivity contribution >= 4 is 11.3 Å². The minimum absolute atomic E-state index is 0.459. The van der Waals surface area contributed by atoms with E-state index in [1.54, 1.807) is 11.3 Å². The number of thiazole rings is 1. The molecule has 1 N–H and O–H groups in total. The first-order chi connectivity index (χ1) is 9.99. The molecule has 0 aliphatic carbocycles. The topological polar surface area (TPSA) is 24.9 Å². The van der Waals surface area contributed by atoms with Gasteiger partial charge in [-0.15, -0.1) is 11.3 Å². The third kappa shape index (κ3) is 4.39. The highest BCUT2D eigenvalue weighted by atomic mass is 32.1. The zero-order valence-corrected chi connectivity index (χ0v) is 14.6. The van der Waals surface area contributed by atoms with Gasteiger partial charge in [0.05, 0.1) is 5.01 Å². The Morgan fingerprint density at radius 2 is 1.76 bits per heavy atom. The number of hydrogen-bond acceptors (Lipinski definition) is 3. The SMILES string of the molecule is CCNC(Cc1nc(C)cs1)Cc1c(C)cc(C)cc1C. The molecular weight excluding hydrogens is 276 g/mol. The van der Waals surface area contributed by atoms with Gasteiger partial charge in [-0.1, -0.05) is 24.6 Å². The van der Waals surface area contributed by atoms with Crippen molar-refractivity contribution in [1.29, 1.82) is 0 Å². The number of rotatable bonds is 6. The Morgan fingerprint density at radius 3 is 2.29 bits per heavy atom. The van der Waals surface area contributed by atoms with E-state index in [0.717, 1.165) is 25.1 Å². The third-order valence-electron chi connectivity index (χ3n) is 3.87. The Labute approximate surface area is 132 Å². The lowest BCUT2D eigenvalue weighted by atomic mass is 9.93. The molecule has 1 aromatic carbocycles. The molecule has 1 heterocycles. The fourth-order valence-electron chi connectivity index (χ4n) is 2.99. The summed E-state index contributed by atoms with van der Waals surface area (Å²) >= 11 is 1.77. The molecule has 1 aromatic heterocycles.